The normalized spacial score (nSPS) is 9.36. The maximum Gasteiger partial charge on any atom is 0.213 e. The topological polar surface area (TPSA) is 22.1 Å². The molecule has 0 bridgehead atoms. The lowest BCUT2D eigenvalue weighted by Crippen LogP contribution is -2.07. The maximum absolute atomic E-state index is 12.7. The standard InChI is InChI=1S/C9H12FNO.C2H6/c1-6(2)12-9-4-7(3)8(10)5-11-9;1-2/h4-6H,1-3H3;1-2H3. The predicted molar refractivity (Wildman–Crippen MR) is 56.0 cm³/mol. The molecule has 0 fully saturated rings. The Morgan fingerprint density at radius 1 is 1.36 bits per heavy atom. The van der Waals surface area contributed by atoms with Gasteiger partial charge in [-0.25, -0.2) is 9.37 Å². The number of aryl methyl sites for hydroxylation is 1. The summed E-state index contributed by atoms with van der Waals surface area (Å²) in [6.45, 7) is 9.49. The van der Waals surface area contributed by atoms with Crippen molar-refractivity contribution in [1.82, 2.24) is 4.98 Å². The van der Waals surface area contributed by atoms with Crippen molar-refractivity contribution in [2.75, 3.05) is 0 Å². The van der Waals surface area contributed by atoms with Gasteiger partial charge in [0.1, 0.15) is 5.82 Å². The number of hydrogen-bond donors (Lipinski definition) is 0. The molecule has 1 rings (SSSR count). The van der Waals surface area contributed by atoms with Crippen LogP contribution in [-0.2, 0) is 0 Å². The van der Waals surface area contributed by atoms with Crippen molar-refractivity contribution in [2.45, 2.75) is 40.7 Å². The molecule has 0 spiro atoms. The molecule has 0 aliphatic carbocycles. The highest BCUT2D eigenvalue weighted by Crippen LogP contribution is 2.12. The Balaban J connectivity index is 0.000000791. The molecule has 14 heavy (non-hydrogen) atoms. The van der Waals surface area contributed by atoms with E-state index < -0.39 is 0 Å². The second-order valence-corrected chi connectivity index (χ2v) is 2.94. The number of nitrogens with zero attached hydrogens (tertiary/aromatic N) is 1. The number of ether oxygens (including phenoxy) is 1. The van der Waals surface area contributed by atoms with Gasteiger partial charge in [0.15, 0.2) is 0 Å². The molecule has 3 heteroatoms. The van der Waals surface area contributed by atoms with Gasteiger partial charge in [0.2, 0.25) is 5.88 Å². The minimum absolute atomic E-state index is 0.0716. The lowest BCUT2D eigenvalue weighted by Gasteiger charge is -2.08. The van der Waals surface area contributed by atoms with Crippen LogP contribution in [0.4, 0.5) is 4.39 Å². The molecular formula is C11H18FNO. The molecule has 0 amide bonds. The maximum atomic E-state index is 12.7. The smallest absolute Gasteiger partial charge is 0.213 e. The van der Waals surface area contributed by atoms with Crippen LogP contribution in [0.5, 0.6) is 5.88 Å². The zero-order chi connectivity index (χ0) is 11.1. The Kier molecular flexibility index (Phi) is 5.84. The van der Waals surface area contributed by atoms with E-state index in [1.807, 2.05) is 27.7 Å². The van der Waals surface area contributed by atoms with Crippen LogP contribution in [-0.4, -0.2) is 11.1 Å². The van der Waals surface area contributed by atoms with Gasteiger partial charge in [-0.15, -0.1) is 0 Å². The van der Waals surface area contributed by atoms with Crippen molar-refractivity contribution in [3.05, 3.63) is 23.6 Å². The van der Waals surface area contributed by atoms with Crippen molar-refractivity contribution in [1.29, 1.82) is 0 Å². The summed E-state index contributed by atoms with van der Waals surface area (Å²) in [4.78, 5) is 3.78. The van der Waals surface area contributed by atoms with Crippen molar-refractivity contribution >= 4 is 0 Å². The summed E-state index contributed by atoms with van der Waals surface area (Å²) in [5.74, 6) is 0.176. The van der Waals surface area contributed by atoms with Crippen molar-refractivity contribution < 1.29 is 9.13 Å². The van der Waals surface area contributed by atoms with Gasteiger partial charge in [0.05, 0.1) is 12.3 Å². The van der Waals surface area contributed by atoms with Crippen LogP contribution >= 0.6 is 0 Å². The molecule has 80 valence electrons. The first-order valence-corrected chi connectivity index (χ1v) is 4.88. The number of pyridine rings is 1. The Bertz CT molecular complexity index is 274. The van der Waals surface area contributed by atoms with E-state index in [9.17, 15) is 4.39 Å². The third-order valence-electron chi connectivity index (χ3n) is 1.38. The van der Waals surface area contributed by atoms with E-state index in [1.165, 1.54) is 6.20 Å². The molecule has 0 N–H and O–H groups in total. The van der Waals surface area contributed by atoms with Gasteiger partial charge in [-0.2, -0.15) is 0 Å². The van der Waals surface area contributed by atoms with Gasteiger partial charge in [0, 0.05) is 6.07 Å². The van der Waals surface area contributed by atoms with Crippen LogP contribution in [0, 0.1) is 12.7 Å². The third-order valence-corrected chi connectivity index (χ3v) is 1.38. The van der Waals surface area contributed by atoms with Crippen molar-refractivity contribution in [2.24, 2.45) is 0 Å². The second-order valence-electron chi connectivity index (χ2n) is 2.94. The SMILES string of the molecule is CC.Cc1cc(OC(C)C)ncc1F. The molecule has 1 heterocycles. The summed E-state index contributed by atoms with van der Waals surface area (Å²) in [5, 5.41) is 0. The average molecular weight is 199 g/mol. The molecule has 0 atom stereocenters. The number of aromatic nitrogens is 1. The molecular weight excluding hydrogens is 181 g/mol. The predicted octanol–water partition coefficient (Wildman–Crippen LogP) is 3.34. The molecule has 0 aliphatic heterocycles. The van der Waals surface area contributed by atoms with Crippen LogP contribution < -0.4 is 4.74 Å². The molecule has 1 aromatic rings. The quantitative estimate of drug-likeness (QED) is 0.728. The first kappa shape index (κ1) is 12.9. The Morgan fingerprint density at radius 3 is 2.36 bits per heavy atom. The fourth-order valence-electron chi connectivity index (χ4n) is 0.819. The Hall–Kier alpha value is -1.12. The van der Waals surface area contributed by atoms with E-state index in [2.05, 4.69) is 4.98 Å². The lowest BCUT2D eigenvalue weighted by atomic mass is 10.3. The van der Waals surface area contributed by atoms with Crippen LogP contribution in [0.15, 0.2) is 12.3 Å². The van der Waals surface area contributed by atoms with Crippen LogP contribution in [0.2, 0.25) is 0 Å². The van der Waals surface area contributed by atoms with Crippen LogP contribution in [0.1, 0.15) is 33.3 Å². The van der Waals surface area contributed by atoms with E-state index in [4.69, 9.17) is 4.74 Å². The summed E-state index contributed by atoms with van der Waals surface area (Å²) in [6.07, 6.45) is 1.25. The van der Waals surface area contributed by atoms with E-state index in [0.29, 0.717) is 11.4 Å². The van der Waals surface area contributed by atoms with E-state index in [0.717, 1.165) is 0 Å². The number of halogens is 1. The molecule has 0 unspecified atom stereocenters. The van der Waals surface area contributed by atoms with Gasteiger partial charge < -0.3 is 4.74 Å². The van der Waals surface area contributed by atoms with Crippen molar-refractivity contribution in [3.63, 3.8) is 0 Å². The minimum Gasteiger partial charge on any atom is -0.475 e. The summed E-state index contributed by atoms with van der Waals surface area (Å²) < 4.78 is 18.0. The van der Waals surface area contributed by atoms with Gasteiger partial charge in [-0.05, 0) is 26.3 Å². The Morgan fingerprint density at radius 2 is 1.93 bits per heavy atom. The summed E-state index contributed by atoms with van der Waals surface area (Å²) in [5.41, 5.74) is 0.556. The zero-order valence-corrected chi connectivity index (χ0v) is 9.47. The van der Waals surface area contributed by atoms with Crippen LogP contribution in [0.25, 0.3) is 0 Å². The molecule has 1 aromatic heterocycles. The highest BCUT2D eigenvalue weighted by atomic mass is 19.1. The van der Waals surface area contributed by atoms with E-state index in [-0.39, 0.29) is 11.9 Å². The summed E-state index contributed by atoms with van der Waals surface area (Å²) >= 11 is 0. The first-order valence-electron chi connectivity index (χ1n) is 4.88. The highest BCUT2D eigenvalue weighted by molar-refractivity contribution is 5.20. The monoisotopic (exact) mass is 199 g/mol. The Labute approximate surface area is 85.1 Å². The van der Waals surface area contributed by atoms with Gasteiger partial charge in [-0.3, -0.25) is 0 Å². The largest absolute Gasteiger partial charge is 0.475 e. The fraction of sp³-hybridized carbons (Fsp3) is 0.545. The van der Waals surface area contributed by atoms with Gasteiger partial charge in [-0.1, -0.05) is 13.8 Å². The average Bonchev–Trinajstić information content (AvgIpc) is 2.14. The van der Waals surface area contributed by atoms with Gasteiger partial charge in [0.25, 0.3) is 0 Å². The highest BCUT2D eigenvalue weighted by Gasteiger charge is 2.02. The first-order chi connectivity index (χ1) is 6.59. The van der Waals surface area contributed by atoms with Crippen LogP contribution in [0.3, 0.4) is 0 Å². The lowest BCUT2D eigenvalue weighted by molar-refractivity contribution is 0.232. The molecule has 2 nitrogen and oxygen atoms in total. The molecule has 0 saturated carbocycles. The van der Waals surface area contributed by atoms with Crippen molar-refractivity contribution in [3.8, 4) is 5.88 Å². The van der Waals surface area contributed by atoms with E-state index in [1.54, 1.807) is 13.0 Å². The number of rotatable bonds is 2. The summed E-state index contributed by atoms with van der Waals surface area (Å²) in [6, 6.07) is 1.59. The summed E-state index contributed by atoms with van der Waals surface area (Å²) in [7, 11) is 0. The second kappa shape index (κ2) is 6.35. The fourth-order valence-corrected chi connectivity index (χ4v) is 0.819. The number of hydrogen-bond acceptors (Lipinski definition) is 2. The molecule has 0 radical (unpaired) electrons. The molecule has 0 aromatic carbocycles. The molecule has 0 saturated heterocycles. The van der Waals surface area contributed by atoms with Gasteiger partial charge >= 0.3 is 0 Å². The molecule has 0 aliphatic rings. The minimum atomic E-state index is -0.300. The third kappa shape index (κ3) is 4.21. The van der Waals surface area contributed by atoms with E-state index >= 15 is 0 Å². The zero-order valence-electron chi connectivity index (χ0n) is 9.47.